The van der Waals surface area contributed by atoms with Crippen molar-refractivity contribution in [3.05, 3.63) is 77.7 Å². The van der Waals surface area contributed by atoms with E-state index < -0.39 is 30.0 Å². The Kier molecular flexibility index (Phi) is 12.1. The maximum Gasteiger partial charge on any atom is 0.259 e. The van der Waals surface area contributed by atoms with Crippen molar-refractivity contribution in [2.45, 2.75) is 62.9 Å². The molecule has 0 spiro atoms. The standard InChI is InChI=1S/C42H48N10O8/c1-51(14-16-60-18-17-59-15-13-44-31-4-2-3-28-37(31)42(58)52(41(28)57)33-8-10-36(53)50-39(33)55)40(56)25-19-27(20-25)47-38(54)29-23-45-35(21-32(29)46-26-6-7-26)49-34-9-5-24-22-43-12-11-30(24)48-34/h2-5,9,11-12,21-23,25-27,33,41,44,57H,6-8,10,13-20H2,1H3,(H,47,54)(H,50,53,55)(H2,45,46,48,49)/t25-,27-,33?,41?. The number of nitrogens with zero attached hydrogens (tertiary/aromatic N) is 5. The first-order valence-electron chi connectivity index (χ1n) is 20.3. The van der Waals surface area contributed by atoms with Crippen LogP contribution in [0.4, 0.5) is 23.0 Å². The number of likely N-dealkylation sites (N-methyl/N-ethyl adjacent to an activating group) is 1. The number of amides is 5. The van der Waals surface area contributed by atoms with E-state index in [1.807, 2.05) is 24.3 Å². The van der Waals surface area contributed by atoms with Gasteiger partial charge in [0, 0.05) is 85.9 Å². The molecule has 2 aliphatic heterocycles. The third kappa shape index (κ3) is 9.15. The fraction of sp³-hybridized carbons (Fsp3) is 0.429. The van der Waals surface area contributed by atoms with Gasteiger partial charge < -0.3 is 40.7 Å². The number of pyridine rings is 3. The van der Waals surface area contributed by atoms with Crippen LogP contribution in [-0.4, -0.2) is 124 Å². The van der Waals surface area contributed by atoms with Gasteiger partial charge in [-0.25, -0.2) is 9.97 Å². The highest BCUT2D eigenvalue weighted by atomic mass is 16.5. The van der Waals surface area contributed by atoms with Gasteiger partial charge in [0.1, 0.15) is 17.7 Å². The average molecular weight is 821 g/mol. The van der Waals surface area contributed by atoms with Crippen molar-refractivity contribution in [3.63, 3.8) is 0 Å². The van der Waals surface area contributed by atoms with Gasteiger partial charge in [0.15, 0.2) is 6.23 Å². The largest absolute Gasteiger partial charge is 0.382 e. The highest BCUT2D eigenvalue weighted by Crippen LogP contribution is 2.39. The maximum atomic E-state index is 13.4. The molecule has 60 heavy (non-hydrogen) atoms. The molecule has 0 bridgehead atoms. The Balaban J connectivity index is 0.714. The van der Waals surface area contributed by atoms with Gasteiger partial charge in [0.25, 0.3) is 11.8 Å². The summed E-state index contributed by atoms with van der Waals surface area (Å²) >= 11 is 0. The van der Waals surface area contributed by atoms with Gasteiger partial charge in [-0.15, -0.1) is 0 Å². The topological polar surface area (TPSA) is 229 Å². The summed E-state index contributed by atoms with van der Waals surface area (Å²) in [7, 11) is 1.75. The Morgan fingerprint density at radius 1 is 0.950 bits per heavy atom. The lowest BCUT2D eigenvalue weighted by Crippen LogP contribution is -2.53. The van der Waals surface area contributed by atoms with E-state index in [0.29, 0.717) is 92.5 Å². The van der Waals surface area contributed by atoms with Crippen LogP contribution in [0.25, 0.3) is 10.9 Å². The molecular formula is C42H48N10O8. The molecule has 1 saturated heterocycles. The van der Waals surface area contributed by atoms with Crippen LogP contribution in [0.2, 0.25) is 0 Å². The maximum absolute atomic E-state index is 13.4. The van der Waals surface area contributed by atoms with Crippen molar-refractivity contribution in [2.24, 2.45) is 5.92 Å². The molecule has 314 valence electrons. The molecule has 2 atom stereocenters. The first-order chi connectivity index (χ1) is 29.1. The fourth-order valence-electron chi connectivity index (χ4n) is 7.66. The Morgan fingerprint density at radius 2 is 1.77 bits per heavy atom. The lowest BCUT2D eigenvalue weighted by molar-refractivity contribution is -0.140. The van der Waals surface area contributed by atoms with Gasteiger partial charge in [-0.05, 0) is 56.4 Å². The van der Waals surface area contributed by atoms with E-state index in [0.717, 1.165) is 28.6 Å². The molecule has 4 aromatic rings. The molecule has 6 N–H and O–H groups in total. The van der Waals surface area contributed by atoms with Gasteiger partial charge in [-0.2, -0.15) is 0 Å². The van der Waals surface area contributed by atoms with Gasteiger partial charge in [-0.1, -0.05) is 12.1 Å². The van der Waals surface area contributed by atoms with Crippen LogP contribution in [0.5, 0.6) is 0 Å². The molecule has 2 aliphatic carbocycles. The Bertz CT molecular complexity index is 2280. The van der Waals surface area contributed by atoms with Crippen molar-refractivity contribution < 1.29 is 38.6 Å². The first kappa shape index (κ1) is 40.5. The predicted molar refractivity (Wildman–Crippen MR) is 219 cm³/mol. The molecule has 3 fully saturated rings. The van der Waals surface area contributed by atoms with Crippen LogP contribution in [0, 0.1) is 5.92 Å². The number of imide groups is 1. The molecule has 1 aromatic carbocycles. The number of nitrogens with one attached hydrogen (secondary N) is 5. The minimum atomic E-state index is -1.29. The van der Waals surface area contributed by atoms with Crippen LogP contribution in [0.3, 0.4) is 0 Å². The summed E-state index contributed by atoms with van der Waals surface area (Å²) in [6.45, 7) is 2.09. The van der Waals surface area contributed by atoms with Crippen molar-refractivity contribution in [2.75, 3.05) is 62.5 Å². The summed E-state index contributed by atoms with van der Waals surface area (Å²) in [6, 6.07) is 11.8. The van der Waals surface area contributed by atoms with Gasteiger partial charge in [0.2, 0.25) is 17.7 Å². The molecular weight excluding hydrogens is 773 g/mol. The molecule has 5 heterocycles. The number of aliphatic hydroxyl groups excluding tert-OH is 1. The Hall–Kier alpha value is -6.24. The molecule has 8 rings (SSSR count). The van der Waals surface area contributed by atoms with Crippen molar-refractivity contribution in [1.82, 2.24) is 35.4 Å². The number of fused-ring (bicyclic) bond motifs is 2. The molecule has 18 nitrogen and oxygen atoms in total. The Morgan fingerprint density at radius 3 is 2.57 bits per heavy atom. The lowest BCUT2D eigenvalue weighted by Gasteiger charge is -2.37. The minimum absolute atomic E-state index is 0.0109. The lowest BCUT2D eigenvalue weighted by atomic mass is 9.79. The fourth-order valence-corrected chi connectivity index (χ4v) is 7.66. The number of carbonyl (C=O) groups is 5. The van der Waals surface area contributed by atoms with Crippen LogP contribution in [-0.2, 0) is 23.9 Å². The third-order valence-electron chi connectivity index (χ3n) is 11.2. The molecule has 2 saturated carbocycles. The summed E-state index contributed by atoms with van der Waals surface area (Å²) < 4.78 is 11.4. The number of piperidine rings is 1. The van der Waals surface area contributed by atoms with E-state index in [1.54, 1.807) is 48.7 Å². The van der Waals surface area contributed by atoms with Crippen molar-refractivity contribution >= 4 is 63.4 Å². The minimum Gasteiger partial charge on any atom is -0.382 e. The van der Waals surface area contributed by atoms with Crippen LogP contribution >= 0.6 is 0 Å². The molecule has 0 radical (unpaired) electrons. The molecule has 3 aromatic heterocycles. The number of anilines is 4. The third-order valence-corrected chi connectivity index (χ3v) is 11.2. The zero-order chi connectivity index (χ0) is 41.8. The summed E-state index contributed by atoms with van der Waals surface area (Å²) in [5.41, 5.74) is 3.15. The van der Waals surface area contributed by atoms with E-state index in [1.165, 1.54) is 0 Å². The van der Waals surface area contributed by atoms with Crippen LogP contribution in [0.15, 0.2) is 61.1 Å². The highest BCUT2D eigenvalue weighted by molar-refractivity contribution is 6.08. The molecule has 18 heteroatoms. The second kappa shape index (κ2) is 17.9. The van der Waals surface area contributed by atoms with E-state index in [2.05, 4.69) is 41.5 Å². The number of ether oxygens (including phenoxy) is 2. The normalized spacial score (nSPS) is 20.9. The number of aromatic nitrogens is 3. The average Bonchev–Trinajstić information content (AvgIpc) is 4.01. The second-order valence-electron chi connectivity index (χ2n) is 15.5. The summed E-state index contributed by atoms with van der Waals surface area (Å²) in [5.74, 6) is -0.684. The number of carbonyl (C=O) groups excluding carboxylic acids is 5. The summed E-state index contributed by atoms with van der Waals surface area (Å²) in [4.78, 5) is 79.8. The van der Waals surface area contributed by atoms with E-state index in [9.17, 15) is 29.1 Å². The Labute approximate surface area is 345 Å². The number of hydrogen-bond donors (Lipinski definition) is 6. The smallest absolute Gasteiger partial charge is 0.259 e. The number of hydrogen-bond acceptors (Lipinski definition) is 14. The van der Waals surface area contributed by atoms with E-state index >= 15 is 0 Å². The number of rotatable bonds is 18. The van der Waals surface area contributed by atoms with E-state index in [-0.39, 0.29) is 42.2 Å². The highest BCUT2D eigenvalue weighted by Gasteiger charge is 2.45. The van der Waals surface area contributed by atoms with Gasteiger partial charge >= 0.3 is 0 Å². The number of benzene rings is 1. The summed E-state index contributed by atoms with van der Waals surface area (Å²) in [5, 5.41) is 27.0. The van der Waals surface area contributed by atoms with Crippen LogP contribution in [0.1, 0.15) is 71.0 Å². The number of aliphatic hydroxyl groups is 1. The predicted octanol–water partition coefficient (Wildman–Crippen LogP) is 2.71. The monoisotopic (exact) mass is 820 g/mol. The second-order valence-corrected chi connectivity index (χ2v) is 15.5. The van der Waals surface area contributed by atoms with Crippen molar-refractivity contribution in [3.8, 4) is 0 Å². The molecule has 5 amide bonds. The van der Waals surface area contributed by atoms with Crippen molar-refractivity contribution in [1.29, 1.82) is 0 Å². The molecule has 2 unspecified atom stereocenters. The first-order valence-corrected chi connectivity index (χ1v) is 20.3. The summed E-state index contributed by atoms with van der Waals surface area (Å²) in [6.07, 6.45) is 7.15. The van der Waals surface area contributed by atoms with Gasteiger partial charge in [-0.3, -0.25) is 39.2 Å². The quantitative estimate of drug-likeness (QED) is 0.0627. The zero-order valence-electron chi connectivity index (χ0n) is 33.2. The van der Waals surface area contributed by atoms with Gasteiger partial charge in [0.05, 0.1) is 48.8 Å². The van der Waals surface area contributed by atoms with Crippen LogP contribution < -0.4 is 26.6 Å². The van der Waals surface area contributed by atoms with E-state index in [4.69, 9.17) is 9.47 Å². The zero-order valence-corrected chi connectivity index (χ0v) is 33.2. The SMILES string of the molecule is CN(CCOCCOCCNc1cccc2c1C(=O)N(C1CCC(=O)NC1=O)C2O)C(=O)[C@H]1C[C@H](NC(=O)c2cnc(Nc3ccc4cnccc4n3)cc2NC2CC2)C1. The molecule has 4 aliphatic rings.